The van der Waals surface area contributed by atoms with Crippen LogP contribution in [-0.4, -0.2) is 48.8 Å². The van der Waals surface area contributed by atoms with Crippen LogP contribution in [0.25, 0.3) is 0 Å². The molecule has 0 aromatic heterocycles. The van der Waals surface area contributed by atoms with Crippen molar-refractivity contribution < 1.29 is 5.11 Å². The molecule has 0 bridgehead atoms. The molecule has 0 aliphatic carbocycles. The third-order valence-electron chi connectivity index (χ3n) is 3.28. The van der Waals surface area contributed by atoms with Gasteiger partial charge in [-0.25, -0.2) is 0 Å². The molecule has 2 unspecified atom stereocenters. The van der Waals surface area contributed by atoms with E-state index in [0.29, 0.717) is 11.5 Å². The molecule has 0 radical (unpaired) electrons. The minimum absolute atomic E-state index is 0.234. The Kier molecular flexibility index (Phi) is 7.20. The van der Waals surface area contributed by atoms with Crippen LogP contribution in [0.2, 0.25) is 0 Å². The molecule has 0 aliphatic rings. The Hall–Kier alpha value is -0.120. The molecule has 0 heterocycles. The van der Waals surface area contributed by atoms with Crippen LogP contribution in [0.3, 0.4) is 0 Å². The highest BCUT2D eigenvalue weighted by Gasteiger charge is 2.24. The highest BCUT2D eigenvalue weighted by Crippen LogP contribution is 2.22. The number of nitrogens with zero attached hydrogens (tertiary/aromatic N) is 1. The topological polar surface area (TPSA) is 35.5 Å². The number of rotatable bonds is 7. The van der Waals surface area contributed by atoms with Crippen molar-refractivity contribution in [1.29, 1.82) is 0 Å². The van der Waals surface area contributed by atoms with E-state index in [9.17, 15) is 0 Å². The van der Waals surface area contributed by atoms with Gasteiger partial charge in [0, 0.05) is 12.1 Å². The molecule has 2 atom stereocenters. The summed E-state index contributed by atoms with van der Waals surface area (Å²) in [5, 5.41) is 12.6. The summed E-state index contributed by atoms with van der Waals surface area (Å²) >= 11 is 0. The first-order chi connectivity index (χ1) is 7.32. The van der Waals surface area contributed by atoms with Crippen molar-refractivity contribution in [2.24, 2.45) is 5.41 Å². The Bertz CT molecular complexity index is 177. The maximum atomic E-state index is 9.08. The fraction of sp³-hybridized carbons (Fsp3) is 1.00. The maximum Gasteiger partial charge on any atom is 0.0584 e. The lowest BCUT2D eigenvalue weighted by Crippen LogP contribution is -2.43. The minimum Gasteiger partial charge on any atom is -0.395 e. The Labute approximate surface area is 101 Å². The van der Waals surface area contributed by atoms with Gasteiger partial charge in [0.15, 0.2) is 0 Å². The van der Waals surface area contributed by atoms with E-state index in [2.05, 4.69) is 51.9 Å². The summed E-state index contributed by atoms with van der Waals surface area (Å²) in [7, 11) is 2.08. The van der Waals surface area contributed by atoms with Crippen LogP contribution in [0.1, 0.15) is 41.0 Å². The minimum atomic E-state index is 0.234. The van der Waals surface area contributed by atoms with Crippen molar-refractivity contribution in [1.82, 2.24) is 10.2 Å². The molecule has 3 heteroatoms. The Morgan fingerprint density at radius 3 is 2.25 bits per heavy atom. The zero-order valence-electron chi connectivity index (χ0n) is 11.9. The standard InChI is InChI=1S/C13H30N2O/c1-7-14-12(13(3,4)5)8-9-15(6)11(2)10-16/h11-12,14,16H,7-10H2,1-6H3. The molecule has 98 valence electrons. The van der Waals surface area contributed by atoms with E-state index in [1.807, 2.05) is 0 Å². The Morgan fingerprint density at radius 1 is 1.31 bits per heavy atom. The molecule has 0 aromatic carbocycles. The number of aliphatic hydroxyl groups is 1. The summed E-state index contributed by atoms with van der Waals surface area (Å²) in [5.41, 5.74) is 0.291. The fourth-order valence-corrected chi connectivity index (χ4v) is 1.78. The van der Waals surface area contributed by atoms with Gasteiger partial charge in [0.25, 0.3) is 0 Å². The van der Waals surface area contributed by atoms with Gasteiger partial charge in [0.2, 0.25) is 0 Å². The molecule has 0 fully saturated rings. The average Bonchev–Trinajstić information content (AvgIpc) is 2.20. The van der Waals surface area contributed by atoms with E-state index in [1.54, 1.807) is 0 Å². The van der Waals surface area contributed by atoms with Crippen molar-refractivity contribution in [2.45, 2.75) is 53.1 Å². The van der Waals surface area contributed by atoms with Crippen LogP contribution >= 0.6 is 0 Å². The van der Waals surface area contributed by atoms with E-state index >= 15 is 0 Å². The third-order valence-corrected chi connectivity index (χ3v) is 3.28. The monoisotopic (exact) mass is 230 g/mol. The molecule has 0 aromatic rings. The van der Waals surface area contributed by atoms with Crippen molar-refractivity contribution in [2.75, 3.05) is 26.7 Å². The molecule has 16 heavy (non-hydrogen) atoms. The molecular formula is C13H30N2O. The molecular weight excluding hydrogens is 200 g/mol. The van der Waals surface area contributed by atoms with Gasteiger partial charge in [0.1, 0.15) is 0 Å². The number of aliphatic hydroxyl groups excluding tert-OH is 1. The van der Waals surface area contributed by atoms with Gasteiger partial charge in [-0.05, 0) is 38.9 Å². The normalized spacial score (nSPS) is 16.5. The van der Waals surface area contributed by atoms with Gasteiger partial charge in [0.05, 0.1) is 6.61 Å². The van der Waals surface area contributed by atoms with Gasteiger partial charge in [-0.1, -0.05) is 27.7 Å². The molecule has 0 saturated heterocycles. The van der Waals surface area contributed by atoms with Crippen LogP contribution in [-0.2, 0) is 0 Å². The molecule has 0 spiro atoms. The van der Waals surface area contributed by atoms with Crippen molar-refractivity contribution in [3.8, 4) is 0 Å². The highest BCUT2D eigenvalue weighted by atomic mass is 16.3. The fourth-order valence-electron chi connectivity index (χ4n) is 1.78. The van der Waals surface area contributed by atoms with Crippen molar-refractivity contribution in [3.05, 3.63) is 0 Å². The Morgan fingerprint density at radius 2 is 1.88 bits per heavy atom. The molecule has 0 rings (SSSR count). The molecule has 0 saturated carbocycles. The second-order valence-corrected chi connectivity index (χ2v) is 5.78. The van der Waals surface area contributed by atoms with Crippen molar-refractivity contribution in [3.63, 3.8) is 0 Å². The maximum absolute atomic E-state index is 9.08. The van der Waals surface area contributed by atoms with Gasteiger partial charge < -0.3 is 15.3 Å². The second kappa shape index (κ2) is 7.25. The van der Waals surface area contributed by atoms with Crippen LogP contribution < -0.4 is 5.32 Å². The molecule has 0 amide bonds. The van der Waals surface area contributed by atoms with Crippen LogP contribution in [0.5, 0.6) is 0 Å². The van der Waals surface area contributed by atoms with Gasteiger partial charge in [-0.3, -0.25) is 0 Å². The lowest BCUT2D eigenvalue weighted by molar-refractivity contribution is 0.144. The highest BCUT2D eigenvalue weighted by molar-refractivity contribution is 4.81. The number of hydrogen-bond donors (Lipinski definition) is 2. The zero-order valence-corrected chi connectivity index (χ0v) is 11.9. The van der Waals surface area contributed by atoms with E-state index in [4.69, 9.17) is 5.11 Å². The SMILES string of the molecule is CCNC(CCN(C)C(C)CO)C(C)(C)C. The molecule has 2 N–H and O–H groups in total. The first-order valence-corrected chi connectivity index (χ1v) is 6.37. The summed E-state index contributed by atoms with van der Waals surface area (Å²) in [6, 6.07) is 0.785. The predicted molar refractivity (Wildman–Crippen MR) is 70.7 cm³/mol. The quantitative estimate of drug-likeness (QED) is 0.699. The first-order valence-electron chi connectivity index (χ1n) is 6.37. The summed E-state index contributed by atoms with van der Waals surface area (Å²) in [4.78, 5) is 2.22. The lowest BCUT2D eigenvalue weighted by Gasteiger charge is -2.33. The smallest absolute Gasteiger partial charge is 0.0584 e. The summed E-state index contributed by atoms with van der Waals surface area (Å²) < 4.78 is 0. The van der Waals surface area contributed by atoms with Gasteiger partial charge in [-0.2, -0.15) is 0 Å². The summed E-state index contributed by atoms with van der Waals surface area (Å²) in [6.07, 6.45) is 1.12. The largest absolute Gasteiger partial charge is 0.395 e. The Balaban J connectivity index is 4.12. The average molecular weight is 230 g/mol. The van der Waals surface area contributed by atoms with Crippen LogP contribution in [0, 0.1) is 5.41 Å². The first kappa shape index (κ1) is 15.9. The van der Waals surface area contributed by atoms with Crippen LogP contribution in [0.15, 0.2) is 0 Å². The zero-order chi connectivity index (χ0) is 12.8. The second-order valence-electron chi connectivity index (χ2n) is 5.78. The number of likely N-dealkylation sites (N-methyl/N-ethyl adjacent to an activating group) is 1. The molecule has 3 nitrogen and oxygen atoms in total. The van der Waals surface area contributed by atoms with Gasteiger partial charge in [-0.15, -0.1) is 0 Å². The number of nitrogens with one attached hydrogen (secondary N) is 1. The molecule has 0 aliphatic heterocycles. The van der Waals surface area contributed by atoms with Crippen molar-refractivity contribution >= 4 is 0 Å². The summed E-state index contributed by atoms with van der Waals surface area (Å²) in [5.74, 6) is 0. The van der Waals surface area contributed by atoms with Crippen LogP contribution in [0.4, 0.5) is 0 Å². The summed E-state index contributed by atoms with van der Waals surface area (Å²) in [6.45, 7) is 13.3. The van der Waals surface area contributed by atoms with E-state index < -0.39 is 0 Å². The van der Waals surface area contributed by atoms with E-state index in [1.165, 1.54) is 0 Å². The predicted octanol–water partition coefficient (Wildman–Crippen LogP) is 1.71. The number of hydrogen-bond acceptors (Lipinski definition) is 3. The van der Waals surface area contributed by atoms with Gasteiger partial charge >= 0.3 is 0 Å². The van der Waals surface area contributed by atoms with E-state index in [0.717, 1.165) is 19.5 Å². The van der Waals surface area contributed by atoms with E-state index in [-0.39, 0.29) is 12.6 Å². The third kappa shape index (κ3) is 5.83. The lowest BCUT2D eigenvalue weighted by atomic mass is 9.84.